The van der Waals surface area contributed by atoms with Crippen molar-refractivity contribution >= 4 is 23.2 Å². The number of ether oxygens (including phenoxy) is 2. The molecule has 0 unspecified atom stereocenters. The van der Waals surface area contributed by atoms with Crippen LogP contribution >= 0.6 is 0 Å². The van der Waals surface area contributed by atoms with E-state index < -0.39 is 0 Å². The number of carbonyl (C=O) groups excluding carboxylic acids is 1. The fourth-order valence-electron chi connectivity index (χ4n) is 2.91. The summed E-state index contributed by atoms with van der Waals surface area (Å²) in [7, 11) is 0. The van der Waals surface area contributed by atoms with Crippen molar-refractivity contribution in [2.75, 3.05) is 23.8 Å². The van der Waals surface area contributed by atoms with Crippen LogP contribution in [0, 0.1) is 0 Å². The predicted molar refractivity (Wildman–Crippen MR) is 111 cm³/mol. The molecule has 0 saturated heterocycles. The van der Waals surface area contributed by atoms with Crippen molar-refractivity contribution in [2.45, 2.75) is 19.8 Å². The predicted octanol–water partition coefficient (Wildman–Crippen LogP) is 4.37. The number of fused-ring (bicyclic) bond motifs is 1. The van der Waals surface area contributed by atoms with Gasteiger partial charge in [0.05, 0.1) is 5.56 Å². The zero-order valence-electron chi connectivity index (χ0n) is 16.3. The van der Waals surface area contributed by atoms with Gasteiger partial charge in [0, 0.05) is 29.8 Å². The Kier molecular flexibility index (Phi) is 5.29. The summed E-state index contributed by atoms with van der Waals surface area (Å²) in [6.07, 6.45) is 2.98. The normalized spacial score (nSPS) is 12.5. The van der Waals surface area contributed by atoms with Gasteiger partial charge in [0.15, 0.2) is 11.5 Å². The molecule has 0 saturated carbocycles. The highest BCUT2D eigenvalue weighted by Crippen LogP contribution is 2.33. The number of hydrogen-bond acceptors (Lipinski definition) is 6. The number of carbonyl (C=O) groups is 1. The maximum Gasteiger partial charge on any atom is 0.258 e. The zero-order valence-corrected chi connectivity index (χ0v) is 16.3. The van der Waals surface area contributed by atoms with Gasteiger partial charge in [-0.1, -0.05) is 26.0 Å². The lowest BCUT2D eigenvalue weighted by Gasteiger charge is -2.19. The largest absolute Gasteiger partial charge is 0.486 e. The molecule has 0 aliphatic carbocycles. The van der Waals surface area contributed by atoms with E-state index in [9.17, 15) is 4.79 Å². The molecule has 2 N–H and O–H groups in total. The molecule has 3 aromatic rings. The fraction of sp³-hybridized carbons (Fsp3) is 0.227. The first-order valence-electron chi connectivity index (χ1n) is 9.48. The van der Waals surface area contributed by atoms with E-state index in [1.54, 1.807) is 0 Å². The standard InChI is InChI=1S/C22H22N4O3/c1-14(2)15-3-5-17(6-4-15)25-21(27)16-12-23-22(24-13-16)26-18-7-8-19-20(11-18)29-10-9-28-19/h3-8,11-14H,9-10H2,1-2H3,(H,25,27)(H,23,24,26). The van der Waals surface area contributed by atoms with Gasteiger partial charge in [0.1, 0.15) is 13.2 Å². The van der Waals surface area contributed by atoms with Gasteiger partial charge in [-0.05, 0) is 35.7 Å². The Morgan fingerprint density at radius 3 is 2.28 bits per heavy atom. The lowest BCUT2D eigenvalue weighted by atomic mass is 10.0. The molecule has 1 aromatic heterocycles. The SMILES string of the molecule is CC(C)c1ccc(NC(=O)c2cnc(Nc3ccc4c(c3)OCCO4)nc2)cc1. The second-order valence-electron chi connectivity index (χ2n) is 7.01. The first kappa shape index (κ1) is 18.7. The second kappa shape index (κ2) is 8.18. The van der Waals surface area contributed by atoms with Gasteiger partial charge in [-0.15, -0.1) is 0 Å². The highest BCUT2D eigenvalue weighted by atomic mass is 16.6. The highest BCUT2D eigenvalue weighted by Gasteiger charge is 2.13. The van der Waals surface area contributed by atoms with Crippen molar-refractivity contribution in [1.82, 2.24) is 9.97 Å². The van der Waals surface area contributed by atoms with Crippen molar-refractivity contribution in [1.29, 1.82) is 0 Å². The summed E-state index contributed by atoms with van der Waals surface area (Å²) in [5, 5.41) is 5.96. The number of nitrogens with zero attached hydrogens (tertiary/aromatic N) is 2. The number of benzene rings is 2. The van der Waals surface area contributed by atoms with Crippen LogP contribution in [0.25, 0.3) is 0 Å². The monoisotopic (exact) mass is 390 g/mol. The number of anilines is 3. The fourth-order valence-corrected chi connectivity index (χ4v) is 2.91. The maximum absolute atomic E-state index is 12.4. The summed E-state index contributed by atoms with van der Waals surface area (Å²) in [5.41, 5.74) is 3.11. The van der Waals surface area contributed by atoms with E-state index in [1.807, 2.05) is 42.5 Å². The van der Waals surface area contributed by atoms with Crippen molar-refractivity contribution in [2.24, 2.45) is 0 Å². The van der Waals surface area contributed by atoms with E-state index >= 15 is 0 Å². The molecule has 2 aromatic carbocycles. The Bertz CT molecular complexity index is 1000. The van der Waals surface area contributed by atoms with Crippen LogP contribution in [0.5, 0.6) is 11.5 Å². The molecule has 0 fully saturated rings. The lowest BCUT2D eigenvalue weighted by Crippen LogP contribution is -2.15. The van der Waals surface area contributed by atoms with E-state index in [-0.39, 0.29) is 5.91 Å². The first-order chi connectivity index (χ1) is 14.1. The van der Waals surface area contributed by atoms with Crippen LogP contribution in [-0.2, 0) is 0 Å². The minimum absolute atomic E-state index is 0.256. The molecule has 148 valence electrons. The van der Waals surface area contributed by atoms with Gasteiger partial charge < -0.3 is 20.1 Å². The average molecular weight is 390 g/mol. The van der Waals surface area contributed by atoms with Gasteiger partial charge in [-0.2, -0.15) is 0 Å². The van der Waals surface area contributed by atoms with Crippen LogP contribution in [0.3, 0.4) is 0 Å². The third-order valence-electron chi connectivity index (χ3n) is 4.55. The Balaban J connectivity index is 1.40. The lowest BCUT2D eigenvalue weighted by molar-refractivity contribution is 0.102. The Labute approximate surface area is 169 Å². The van der Waals surface area contributed by atoms with E-state index in [2.05, 4.69) is 34.4 Å². The molecule has 29 heavy (non-hydrogen) atoms. The number of amides is 1. The second-order valence-corrected chi connectivity index (χ2v) is 7.01. The molecule has 1 aliphatic rings. The third-order valence-corrected chi connectivity index (χ3v) is 4.55. The summed E-state index contributed by atoms with van der Waals surface area (Å²) in [4.78, 5) is 20.9. The van der Waals surface area contributed by atoms with Gasteiger partial charge in [0.25, 0.3) is 5.91 Å². The molecule has 1 aliphatic heterocycles. The molecule has 0 spiro atoms. The van der Waals surface area contributed by atoms with Crippen molar-refractivity contribution < 1.29 is 14.3 Å². The molecule has 1 amide bonds. The van der Waals surface area contributed by atoms with Crippen LogP contribution in [0.15, 0.2) is 54.9 Å². The first-order valence-corrected chi connectivity index (χ1v) is 9.48. The molecular weight excluding hydrogens is 368 g/mol. The number of rotatable bonds is 5. The highest BCUT2D eigenvalue weighted by molar-refractivity contribution is 6.03. The molecule has 7 nitrogen and oxygen atoms in total. The van der Waals surface area contributed by atoms with E-state index in [1.165, 1.54) is 18.0 Å². The van der Waals surface area contributed by atoms with Crippen LogP contribution in [0.4, 0.5) is 17.3 Å². The summed E-state index contributed by atoms with van der Waals surface area (Å²) < 4.78 is 11.1. The number of aromatic nitrogens is 2. The third kappa shape index (κ3) is 4.45. The molecule has 0 bridgehead atoms. The molecule has 0 atom stereocenters. The molecule has 7 heteroatoms. The molecular formula is C22H22N4O3. The molecule has 0 radical (unpaired) electrons. The molecule has 2 heterocycles. The maximum atomic E-state index is 12.4. The van der Waals surface area contributed by atoms with E-state index in [0.717, 1.165) is 17.1 Å². The van der Waals surface area contributed by atoms with Gasteiger partial charge >= 0.3 is 0 Å². The number of hydrogen-bond donors (Lipinski definition) is 2. The van der Waals surface area contributed by atoms with Crippen LogP contribution in [0.1, 0.15) is 35.7 Å². The van der Waals surface area contributed by atoms with Gasteiger partial charge in [0.2, 0.25) is 5.95 Å². The smallest absolute Gasteiger partial charge is 0.258 e. The Morgan fingerprint density at radius 2 is 1.59 bits per heavy atom. The minimum Gasteiger partial charge on any atom is -0.486 e. The van der Waals surface area contributed by atoms with Crippen LogP contribution < -0.4 is 20.1 Å². The average Bonchev–Trinajstić information content (AvgIpc) is 2.74. The van der Waals surface area contributed by atoms with Gasteiger partial charge in [-0.3, -0.25) is 4.79 Å². The summed E-state index contributed by atoms with van der Waals surface area (Å²) in [5.74, 6) is 1.98. The van der Waals surface area contributed by atoms with Crippen LogP contribution in [0.2, 0.25) is 0 Å². The Hall–Kier alpha value is -3.61. The summed E-state index contributed by atoms with van der Waals surface area (Å²) >= 11 is 0. The summed E-state index contributed by atoms with van der Waals surface area (Å²) in [6.45, 7) is 5.34. The van der Waals surface area contributed by atoms with Gasteiger partial charge in [-0.25, -0.2) is 9.97 Å². The zero-order chi connectivity index (χ0) is 20.2. The Morgan fingerprint density at radius 1 is 0.931 bits per heavy atom. The van der Waals surface area contributed by atoms with E-state index in [0.29, 0.717) is 36.4 Å². The summed E-state index contributed by atoms with van der Waals surface area (Å²) in [6, 6.07) is 13.3. The van der Waals surface area contributed by atoms with E-state index in [4.69, 9.17) is 9.47 Å². The van der Waals surface area contributed by atoms with Crippen LogP contribution in [-0.4, -0.2) is 29.1 Å². The topological polar surface area (TPSA) is 85.4 Å². The van der Waals surface area contributed by atoms with Crippen molar-refractivity contribution in [3.63, 3.8) is 0 Å². The van der Waals surface area contributed by atoms with Crippen molar-refractivity contribution in [3.8, 4) is 11.5 Å². The minimum atomic E-state index is -0.256. The molecule has 4 rings (SSSR count). The number of nitrogens with one attached hydrogen (secondary N) is 2. The van der Waals surface area contributed by atoms with Crippen molar-refractivity contribution in [3.05, 3.63) is 66.0 Å². The quantitative estimate of drug-likeness (QED) is 0.673.